The van der Waals surface area contributed by atoms with E-state index in [1.807, 2.05) is 54.6 Å². The molecule has 1 aromatic heterocycles. The molecule has 1 aliphatic heterocycles. The Morgan fingerprint density at radius 3 is 2.35 bits per heavy atom. The van der Waals surface area contributed by atoms with Gasteiger partial charge in [-0.3, -0.25) is 5.32 Å². The summed E-state index contributed by atoms with van der Waals surface area (Å²) in [5.74, 6) is 0.342. The van der Waals surface area contributed by atoms with Gasteiger partial charge in [0, 0.05) is 18.4 Å². The van der Waals surface area contributed by atoms with Gasteiger partial charge < -0.3 is 0 Å². The molecule has 0 fully saturated rings. The molecule has 1 atom stereocenters. The summed E-state index contributed by atoms with van der Waals surface area (Å²) in [7, 11) is 0. The second-order valence-electron chi connectivity index (χ2n) is 7.69. The first kappa shape index (κ1) is 19.1. The number of hydrogen-bond donors (Lipinski definition) is 1. The zero-order chi connectivity index (χ0) is 21.2. The van der Waals surface area contributed by atoms with Gasteiger partial charge in [-0.25, -0.2) is 14.2 Å². The molecule has 3 aromatic carbocycles. The van der Waals surface area contributed by atoms with E-state index in [4.69, 9.17) is 4.98 Å². The Hall–Kier alpha value is -3.86. The van der Waals surface area contributed by atoms with Crippen molar-refractivity contribution in [3.63, 3.8) is 0 Å². The minimum Gasteiger partial charge on any atom is -0.258 e. The van der Waals surface area contributed by atoms with Crippen molar-refractivity contribution in [2.75, 3.05) is 5.32 Å². The molecule has 4 aromatic rings. The zero-order valence-corrected chi connectivity index (χ0v) is 16.8. The second kappa shape index (κ2) is 8.11. The van der Waals surface area contributed by atoms with Gasteiger partial charge in [0.25, 0.3) is 0 Å². The summed E-state index contributed by atoms with van der Waals surface area (Å²) >= 11 is 0. The minimum absolute atomic E-state index is 0.0619. The molecule has 1 aliphatic rings. The zero-order valence-electron chi connectivity index (χ0n) is 16.8. The molecule has 152 valence electrons. The summed E-state index contributed by atoms with van der Waals surface area (Å²) in [6.07, 6.45) is 2.80. The molecule has 0 radical (unpaired) electrons. The third-order valence-electron chi connectivity index (χ3n) is 5.48. The van der Waals surface area contributed by atoms with Crippen LogP contribution in [0.3, 0.4) is 0 Å². The van der Waals surface area contributed by atoms with Crippen molar-refractivity contribution in [1.82, 2.24) is 4.98 Å². The molecule has 5 heteroatoms. The summed E-state index contributed by atoms with van der Waals surface area (Å²) in [5.41, 5.74) is 4.40. The van der Waals surface area contributed by atoms with Crippen molar-refractivity contribution in [2.45, 2.75) is 18.9 Å². The molecule has 5 rings (SSSR count). The average molecular weight is 410 g/mol. The Labute approximate surface area is 180 Å². The first-order chi connectivity index (χ1) is 15.2. The summed E-state index contributed by atoms with van der Waals surface area (Å²) in [6.45, 7) is 0. The highest BCUT2D eigenvalue weighted by molar-refractivity contribution is 5.82. The molecule has 4 nitrogen and oxygen atoms in total. The number of fused-ring (bicyclic) bond motifs is 1. The van der Waals surface area contributed by atoms with E-state index >= 15 is 0 Å². The van der Waals surface area contributed by atoms with Crippen LogP contribution in [0.1, 0.15) is 21.6 Å². The van der Waals surface area contributed by atoms with Gasteiger partial charge in [0.1, 0.15) is 23.4 Å². The summed E-state index contributed by atoms with van der Waals surface area (Å²) in [5, 5.41) is 3.35. The molecule has 0 saturated carbocycles. The van der Waals surface area contributed by atoms with Crippen molar-refractivity contribution >= 4 is 11.7 Å². The number of nitrogens with zero attached hydrogens (tertiary/aromatic N) is 2. The Morgan fingerprint density at radius 1 is 0.903 bits per heavy atom. The number of rotatable bonds is 5. The predicted molar refractivity (Wildman–Crippen MR) is 117 cm³/mol. The molecule has 0 amide bonds. The van der Waals surface area contributed by atoms with Crippen LogP contribution in [0.4, 0.5) is 10.2 Å². The third kappa shape index (κ3) is 3.94. The van der Waals surface area contributed by atoms with Crippen molar-refractivity contribution in [3.05, 3.63) is 114 Å². The third-order valence-corrected chi connectivity index (χ3v) is 5.48. The SMILES string of the molecule is O=C1C(Cc2cccc(F)c2)Nc2c(Cc3ccccc3)nc(-c3ccccc3)c[n+]21. The minimum atomic E-state index is -0.468. The van der Waals surface area contributed by atoms with Gasteiger partial charge in [-0.1, -0.05) is 72.8 Å². The van der Waals surface area contributed by atoms with E-state index in [9.17, 15) is 9.18 Å². The molecule has 0 spiro atoms. The smallest absolute Gasteiger partial charge is 0.258 e. The Morgan fingerprint density at radius 2 is 1.61 bits per heavy atom. The van der Waals surface area contributed by atoms with Gasteiger partial charge in [-0.05, 0) is 23.3 Å². The molecule has 0 bridgehead atoms. The van der Waals surface area contributed by atoms with Crippen LogP contribution in [0.15, 0.2) is 91.1 Å². The van der Waals surface area contributed by atoms with Crippen LogP contribution in [-0.4, -0.2) is 16.9 Å². The number of benzene rings is 3. The van der Waals surface area contributed by atoms with Crippen LogP contribution in [0.2, 0.25) is 0 Å². The fraction of sp³-hybridized carbons (Fsp3) is 0.115. The van der Waals surface area contributed by atoms with E-state index in [1.165, 1.54) is 12.1 Å². The number of aromatic nitrogens is 2. The molecule has 0 aliphatic carbocycles. The molecule has 2 heterocycles. The lowest BCUT2D eigenvalue weighted by molar-refractivity contribution is -0.552. The highest BCUT2D eigenvalue weighted by Gasteiger charge is 2.41. The number of hydrogen-bond acceptors (Lipinski definition) is 3. The molecular weight excluding hydrogens is 389 g/mol. The Kier molecular flexibility index (Phi) is 5.00. The fourth-order valence-corrected chi connectivity index (χ4v) is 3.97. The van der Waals surface area contributed by atoms with Gasteiger partial charge in [0.15, 0.2) is 6.04 Å². The fourth-order valence-electron chi connectivity index (χ4n) is 3.97. The van der Waals surface area contributed by atoms with Crippen LogP contribution < -0.4 is 9.88 Å². The lowest BCUT2D eigenvalue weighted by Crippen LogP contribution is -2.44. The molecule has 1 unspecified atom stereocenters. The van der Waals surface area contributed by atoms with Crippen LogP contribution in [0.25, 0.3) is 11.3 Å². The highest BCUT2D eigenvalue weighted by atomic mass is 19.1. The maximum absolute atomic E-state index is 13.6. The Bertz CT molecular complexity index is 1240. The van der Waals surface area contributed by atoms with Crippen LogP contribution in [0.5, 0.6) is 0 Å². The highest BCUT2D eigenvalue weighted by Crippen LogP contribution is 2.25. The van der Waals surface area contributed by atoms with E-state index in [-0.39, 0.29) is 11.7 Å². The lowest BCUT2D eigenvalue weighted by atomic mass is 10.1. The largest absolute Gasteiger partial charge is 0.359 e. The summed E-state index contributed by atoms with van der Waals surface area (Å²) in [4.78, 5) is 18.2. The van der Waals surface area contributed by atoms with Crippen molar-refractivity contribution in [2.24, 2.45) is 0 Å². The number of nitrogens with one attached hydrogen (secondary N) is 1. The van der Waals surface area contributed by atoms with Gasteiger partial charge in [0.05, 0.1) is 0 Å². The van der Waals surface area contributed by atoms with Gasteiger partial charge in [-0.2, -0.15) is 4.57 Å². The molecule has 31 heavy (non-hydrogen) atoms. The van der Waals surface area contributed by atoms with Crippen LogP contribution in [-0.2, 0) is 12.8 Å². The van der Waals surface area contributed by atoms with E-state index in [2.05, 4.69) is 17.4 Å². The van der Waals surface area contributed by atoms with Crippen LogP contribution in [0, 0.1) is 5.82 Å². The summed E-state index contributed by atoms with van der Waals surface area (Å²) in [6, 6.07) is 25.8. The Balaban J connectivity index is 1.54. The van der Waals surface area contributed by atoms with Crippen molar-refractivity contribution in [1.29, 1.82) is 0 Å². The standard InChI is InChI=1S/C26H20FN3O/c27-21-13-7-10-19(14-21)16-23-26(31)30-17-24(20-11-5-2-6-12-20)28-22(25(30)29-23)15-18-8-3-1-4-9-18/h1-14,17,23H,15-16H2/p+1. The van der Waals surface area contributed by atoms with Crippen LogP contribution >= 0.6 is 0 Å². The maximum atomic E-state index is 13.6. The molecule has 0 saturated heterocycles. The molecule has 1 N–H and O–H groups in total. The second-order valence-corrected chi connectivity index (χ2v) is 7.69. The number of carbonyl (C=O) groups is 1. The average Bonchev–Trinajstić information content (AvgIpc) is 3.11. The summed E-state index contributed by atoms with van der Waals surface area (Å²) < 4.78 is 15.3. The predicted octanol–water partition coefficient (Wildman–Crippen LogP) is 4.44. The van der Waals surface area contributed by atoms with E-state index in [0.717, 1.165) is 28.1 Å². The van der Waals surface area contributed by atoms with Crippen molar-refractivity contribution in [3.8, 4) is 11.3 Å². The van der Waals surface area contributed by atoms with E-state index in [1.54, 1.807) is 16.8 Å². The van der Waals surface area contributed by atoms with E-state index in [0.29, 0.717) is 18.7 Å². The lowest BCUT2D eigenvalue weighted by Gasteiger charge is -2.07. The normalized spacial score (nSPS) is 14.9. The number of carbonyl (C=O) groups excluding carboxylic acids is 1. The van der Waals surface area contributed by atoms with Gasteiger partial charge >= 0.3 is 11.7 Å². The first-order valence-corrected chi connectivity index (χ1v) is 10.3. The topological polar surface area (TPSA) is 45.9 Å². The molecular formula is C26H21FN3O+. The van der Waals surface area contributed by atoms with Gasteiger partial charge in [-0.15, -0.1) is 0 Å². The quantitative estimate of drug-likeness (QED) is 0.495. The van der Waals surface area contributed by atoms with Crippen molar-refractivity contribution < 1.29 is 13.8 Å². The monoisotopic (exact) mass is 410 g/mol. The van der Waals surface area contributed by atoms with E-state index < -0.39 is 6.04 Å². The number of halogens is 1. The first-order valence-electron chi connectivity index (χ1n) is 10.3. The van der Waals surface area contributed by atoms with Gasteiger partial charge in [0.2, 0.25) is 0 Å². The number of anilines is 1. The maximum Gasteiger partial charge on any atom is 0.359 e.